The number of hydrogen-bond acceptors (Lipinski definition) is 1. The average molecular weight is 267 g/mol. The smallest absolute Gasteiger partial charge is 0.152 e. The summed E-state index contributed by atoms with van der Waals surface area (Å²) >= 11 is 0. The molecule has 0 bridgehead atoms. The largest absolute Gasteiger partial charge is 0.258 e. The van der Waals surface area contributed by atoms with Crippen molar-refractivity contribution in [2.45, 2.75) is 31.6 Å². The molecule has 102 valence electrons. The zero-order chi connectivity index (χ0) is 13.8. The molecule has 0 saturated heterocycles. The summed E-state index contributed by atoms with van der Waals surface area (Å²) in [6.45, 7) is 3.15. The highest BCUT2D eigenvalue weighted by molar-refractivity contribution is 5.49. The third-order valence-corrected chi connectivity index (χ3v) is 3.79. The minimum atomic E-state index is -0.671. The summed E-state index contributed by atoms with van der Waals surface area (Å²) in [6, 6.07) is 2.67. The molecule has 1 fully saturated rings. The molecular formula is C15H16F3N. The highest BCUT2D eigenvalue weighted by atomic mass is 19.1. The van der Waals surface area contributed by atoms with Crippen LogP contribution >= 0.6 is 0 Å². The first-order valence-electron chi connectivity index (χ1n) is 6.38. The molecule has 0 amide bonds. The summed E-state index contributed by atoms with van der Waals surface area (Å²) in [4.78, 5) is 3.34. The van der Waals surface area contributed by atoms with Crippen molar-refractivity contribution in [1.82, 2.24) is 0 Å². The van der Waals surface area contributed by atoms with Gasteiger partial charge in [0.2, 0.25) is 0 Å². The van der Waals surface area contributed by atoms with E-state index in [-0.39, 0.29) is 17.5 Å². The van der Waals surface area contributed by atoms with E-state index in [2.05, 4.69) is 11.7 Å². The maximum Gasteiger partial charge on any atom is 0.152 e. The standard InChI is InChI=1S/C15H16F3N/c1-19-15-13(17)8-12(9-14(15)18)11-4-2-10(3-5-11)6-7-16/h6-11H,1-5H2. The van der Waals surface area contributed by atoms with Crippen molar-refractivity contribution in [3.8, 4) is 0 Å². The van der Waals surface area contributed by atoms with Crippen LogP contribution in [0.1, 0.15) is 37.2 Å². The Bertz CT molecular complexity index is 465. The van der Waals surface area contributed by atoms with Gasteiger partial charge >= 0.3 is 0 Å². The first-order chi connectivity index (χ1) is 9.15. The highest BCUT2D eigenvalue weighted by Gasteiger charge is 2.23. The number of aliphatic imine (C=N–C) groups is 1. The lowest BCUT2D eigenvalue weighted by molar-refractivity contribution is 0.372. The number of benzene rings is 1. The second-order valence-electron chi connectivity index (χ2n) is 4.92. The Morgan fingerprint density at radius 1 is 1.11 bits per heavy atom. The molecule has 1 aliphatic carbocycles. The van der Waals surface area contributed by atoms with E-state index in [1.165, 1.54) is 12.1 Å². The fourth-order valence-electron chi connectivity index (χ4n) is 2.72. The van der Waals surface area contributed by atoms with Gasteiger partial charge in [0.1, 0.15) is 5.69 Å². The molecule has 1 aromatic rings. The molecule has 1 aromatic carbocycles. The van der Waals surface area contributed by atoms with Crippen molar-refractivity contribution >= 4 is 12.4 Å². The Hall–Kier alpha value is -1.58. The van der Waals surface area contributed by atoms with E-state index in [0.29, 0.717) is 11.9 Å². The van der Waals surface area contributed by atoms with Crippen molar-refractivity contribution in [2.75, 3.05) is 0 Å². The van der Waals surface area contributed by atoms with E-state index in [0.717, 1.165) is 25.7 Å². The zero-order valence-corrected chi connectivity index (χ0v) is 10.6. The van der Waals surface area contributed by atoms with Crippen LogP contribution in [0.4, 0.5) is 18.9 Å². The van der Waals surface area contributed by atoms with Crippen LogP contribution < -0.4 is 0 Å². The second kappa shape index (κ2) is 6.04. The van der Waals surface area contributed by atoms with Crippen LogP contribution in [-0.4, -0.2) is 6.72 Å². The minimum absolute atomic E-state index is 0.132. The van der Waals surface area contributed by atoms with Crippen molar-refractivity contribution < 1.29 is 13.2 Å². The molecule has 0 spiro atoms. The van der Waals surface area contributed by atoms with Gasteiger partial charge in [-0.05, 0) is 61.9 Å². The predicted octanol–water partition coefficient (Wildman–Crippen LogP) is 5.05. The minimum Gasteiger partial charge on any atom is -0.258 e. The van der Waals surface area contributed by atoms with Crippen molar-refractivity contribution in [2.24, 2.45) is 10.9 Å². The Kier molecular flexibility index (Phi) is 4.40. The first kappa shape index (κ1) is 13.8. The van der Waals surface area contributed by atoms with Crippen LogP contribution in [-0.2, 0) is 0 Å². The van der Waals surface area contributed by atoms with Gasteiger partial charge in [0, 0.05) is 0 Å². The monoisotopic (exact) mass is 267 g/mol. The van der Waals surface area contributed by atoms with E-state index in [1.807, 2.05) is 0 Å². The van der Waals surface area contributed by atoms with Crippen LogP contribution in [0.5, 0.6) is 0 Å². The van der Waals surface area contributed by atoms with Gasteiger partial charge in [-0.1, -0.05) is 6.08 Å². The van der Waals surface area contributed by atoms with Gasteiger partial charge < -0.3 is 0 Å². The SMILES string of the molecule is C=Nc1c(F)cc(C2CCC(C=CF)CC2)cc1F. The summed E-state index contributed by atoms with van der Waals surface area (Å²) in [6.07, 6.45) is 5.45. The van der Waals surface area contributed by atoms with Crippen LogP contribution in [0, 0.1) is 17.6 Å². The van der Waals surface area contributed by atoms with Crippen LogP contribution in [0.25, 0.3) is 0 Å². The number of halogens is 3. The quantitative estimate of drug-likeness (QED) is 0.679. The summed E-state index contributed by atoms with van der Waals surface area (Å²) in [5.74, 6) is -0.969. The number of allylic oxidation sites excluding steroid dienone is 1. The molecule has 0 N–H and O–H groups in total. The molecule has 0 atom stereocenters. The molecule has 19 heavy (non-hydrogen) atoms. The van der Waals surface area contributed by atoms with Gasteiger partial charge in [-0.2, -0.15) is 0 Å². The Morgan fingerprint density at radius 3 is 2.16 bits per heavy atom. The highest BCUT2D eigenvalue weighted by Crippen LogP contribution is 2.38. The van der Waals surface area contributed by atoms with Gasteiger partial charge in [0.25, 0.3) is 0 Å². The molecule has 4 heteroatoms. The summed E-state index contributed by atoms with van der Waals surface area (Å²) < 4.78 is 39.3. The lowest BCUT2D eigenvalue weighted by Gasteiger charge is -2.27. The van der Waals surface area contributed by atoms with E-state index in [1.54, 1.807) is 6.08 Å². The van der Waals surface area contributed by atoms with E-state index < -0.39 is 11.6 Å². The molecule has 1 aliphatic rings. The van der Waals surface area contributed by atoms with Gasteiger partial charge in [0.05, 0.1) is 6.33 Å². The fraction of sp³-hybridized carbons (Fsp3) is 0.400. The Balaban J connectivity index is 2.14. The summed E-state index contributed by atoms with van der Waals surface area (Å²) in [5, 5.41) is 0. The van der Waals surface area contributed by atoms with Crippen molar-refractivity contribution in [3.63, 3.8) is 0 Å². The van der Waals surface area contributed by atoms with E-state index >= 15 is 0 Å². The van der Waals surface area contributed by atoms with Crippen molar-refractivity contribution in [1.29, 1.82) is 0 Å². The Morgan fingerprint density at radius 2 is 1.68 bits per heavy atom. The average Bonchev–Trinajstić information content (AvgIpc) is 2.39. The van der Waals surface area contributed by atoms with E-state index in [4.69, 9.17) is 0 Å². The third-order valence-electron chi connectivity index (χ3n) is 3.79. The van der Waals surface area contributed by atoms with Crippen LogP contribution in [0.2, 0.25) is 0 Å². The molecular weight excluding hydrogens is 251 g/mol. The maximum atomic E-state index is 13.6. The second-order valence-corrected chi connectivity index (χ2v) is 4.92. The van der Waals surface area contributed by atoms with Gasteiger partial charge in [-0.25, -0.2) is 13.2 Å². The first-order valence-corrected chi connectivity index (χ1v) is 6.38. The number of hydrogen-bond donors (Lipinski definition) is 0. The normalized spacial score (nSPS) is 23.7. The molecule has 0 unspecified atom stereocenters. The molecule has 2 rings (SSSR count). The van der Waals surface area contributed by atoms with E-state index in [9.17, 15) is 13.2 Å². The van der Waals surface area contributed by atoms with Crippen molar-refractivity contribution in [3.05, 3.63) is 41.7 Å². The lowest BCUT2D eigenvalue weighted by Crippen LogP contribution is -2.12. The van der Waals surface area contributed by atoms with Crippen LogP contribution in [0.3, 0.4) is 0 Å². The third kappa shape index (κ3) is 3.06. The number of rotatable bonds is 3. The molecule has 0 aliphatic heterocycles. The maximum absolute atomic E-state index is 13.6. The summed E-state index contributed by atoms with van der Waals surface area (Å²) in [5.41, 5.74) is 0.336. The van der Waals surface area contributed by atoms with Gasteiger partial charge in [-0.15, -0.1) is 0 Å². The molecule has 0 heterocycles. The molecule has 0 aromatic heterocycles. The zero-order valence-electron chi connectivity index (χ0n) is 10.6. The fourth-order valence-corrected chi connectivity index (χ4v) is 2.72. The predicted molar refractivity (Wildman–Crippen MR) is 70.5 cm³/mol. The Labute approximate surface area is 110 Å². The van der Waals surface area contributed by atoms with Gasteiger partial charge in [-0.3, -0.25) is 4.99 Å². The van der Waals surface area contributed by atoms with Crippen LogP contribution in [0.15, 0.2) is 29.5 Å². The summed E-state index contributed by atoms with van der Waals surface area (Å²) in [7, 11) is 0. The topological polar surface area (TPSA) is 12.4 Å². The molecule has 0 radical (unpaired) electrons. The number of nitrogens with zero attached hydrogens (tertiary/aromatic N) is 1. The molecule has 1 saturated carbocycles. The lowest BCUT2D eigenvalue weighted by atomic mass is 9.78. The molecule has 1 nitrogen and oxygen atoms in total. The van der Waals surface area contributed by atoms with Gasteiger partial charge in [0.15, 0.2) is 11.6 Å².